The van der Waals surface area contributed by atoms with Gasteiger partial charge in [0, 0.05) is 25.9 Å². The molecule has 4 heteroatoms. The Kier molecular flexibility index (Phi) is 25.3. The zero-order valence-electron chi connectivity index (χ0n) is 21.8. The second-order valence-electron chi connectivity index (χ2n) is 9.56. The van der Waals surface area contributed by atoms with Gasteiger partial charge < -0.3 is 10.6 Å². The summed E-state index contributed by atoms with van der Waals surface area (Å²) in [6, 6.07) is 0. The fraction of sp³-hybridized carbons (Fsp3) is 0.929. The number of nitrogens with one attached hydrogen (secondary N) is 2. The van der Waals surface area contributed by atoms with Crippen LogP contribution in [0.5, 0.6) is 0 Å². The van der Waals surface area contributed by atoms with E-state index >= 15 is 0 Å². The van der Waals surface area contributed by atoms with Gasteiger partial charge in [-0.25, -0.2) is 0 Å². The zero-order valence-corrected chi connectivity index (χ0v) is 21.8. The van der Waals surface area contributed by atoms with Crippen molar-refractivity contribution >= 4 is 11.8 Å². The van der Waals surface area contributed by atoms with Crippen molar-refractivity contribution in [3.63, 3.8) is 0 Å². The molecule has 190 valence electrons. The van der Waals surface area contributed by atoms with Crippen LogP contribution in [0.2, 0.25) is 0 Å². The average Bonchev–Trinajstić information content (AvgIpc) is 2.79. The Morgan fingerprint density at radius 2 is 0.688 bits per heavy atom. The van der Waals surface area contributed by atoms with E-state index in [9.17, 15) is 9.59 Å². The Bertz CT molecular complexity index is 374. The first-order chi connectivity index (χ1) is 15.7. The lowest BCUT2D eigenvalue weighted by Crippen LogP contribution is -2.23. The minimum absolute atomic E-state index is 0.239. The van der Waals surface area contributed by atoms with Crippen LogP contribution in [0.1, 0.15) is 155 Å². The van der Waals surface area contributed by atoms with Gasteiger partial charge in [-0.15, -0.1) is 0 Å². The van der Waals surface area contributed by atoms with Crippen molar-refractivity contribution in [2.24, 2.45) is 0 Å². The van der Waals surface area contributed by atoms with Crippen LogP contribution < -0.4 is 10.6 Å². The van der Waals surface area contributed by atoms with Gasteiger partial charge in [0.05, 0.1) is 0 Å². The molecule has 2 amide bonds. The van der Waals surface area contributed by atoms with Crippen molar-refractivity contribution in [1.82, 2.24) is 10.6 Å². The Morgan fingerprint density at radius 3 is 1.03 bits per heavy atom. The van der Waals surface area contributed by atoms with Crippen molar-refractivity contribution in [2.75, 3.05) is 13.1 Å². The maximum atomic E-state index is 11.8. The standard InChI is InChI=1S/C28H56N2O2/c1-3-5-7-15-19-23-27(31)29-25-21-17-13-11-9-10-12-14-18-22-26-30-28(32)24-20-16-8-6-4-2/h3-26H2,1-2H3,(H,29,31)(H,30,32). The van der Waals surface area contributed by atoms with Crippen molar-refractivity contribution in [3.8, 4) is 0 Å². The third kappa shape index (κ3) is 25.2. The number of carbonyl (C=O) groups is 2. The van der Waals surface area contributed by atoms with Crippen LogP contribution in [0.15, 0.2) is 0 Å². The molecule has 0 saturated carbocycles. The smallest absolute Gasteiger partial charge is 0.219 e. The fourth-order valence-electron chi connectivity index (χ4n) is 4.07. The van der Waals surface area contributed by atoms with E-state index in [2.05, 4.69) is 24.5 Å². The summed E-state index contributed by atoms with van der Waals surface area (Å²) in [6.07, 6.45) is 26.1. The largest absolute Gasteiger partial charge is 0.356 e. The molecule has 32 heavy (non-hydrogen) atoms. The van der Waals surface area contributed by atoms with Gasteiger partial charge in [0.1, 0.15) is 0 Å². The van der Waals surface area contributed by atoms with Crippen LogP contribution in [-0.4, -0.2) is 24.9 Å². The number of hydrogen-bond acceptors (Lipinski definition) is 2. The summed E-state index contributed by atoms with van der Waals surface area (Å²) in [5, 5.41) is 6.14. The van der Waals surface area contributed by atoms with E-state index in [0.29, 0.717) is 12.8 Å². The van der Waals surface area contributed by atoms with E-state index in [1.807, 2.05) is 0 Å². The van der Waals surface area contributed by atoms with E-state index < -0.39 is 0 Å². The molecule has 0 radical (unpaired) electrons. The summed E-state index contributed by atoms with van der Waals surface area (Å²) >= 11 is 0. The second-order valence-corrected chi connectivity index (χ2v) is 9.56. The highest BCUT2D eigenvalue weighted by Crippen LogP contribution is 2.11. The Labute approximate surface area is 200 Å². The quantitative estimate of drug-likeness (QED) is 0.139. The summed E-state index contributed by atoms with van der Waals surface area (Å²) in [6.45, 7) is 6.14. The van der Waals surface area contributed by atoms with Crippen LogP contribution in [-0.2, 0) is 9.59 Å². The normalized spacial score (nSPS) is 10.9. The Balaban J connectivity index is 3.19. The molecule has 0 spiro atoms. The number of amides is 2. The third-order valence-electron chi connectivity index (χ3n) is 6.26. The highest BCUT2D eigenvalue weighted by Gasteiger charge is 2.01. The van der Waals surface area contributed by atoms with Crippen LogP contribution in [0.25, 0.3) is 0 Å². The fourth-order valence-corrected chi connectivity index (χ4v) is 4.07. The van der Waals surface area contributed by atoms with Gasteiger partial charge >= 0.3 is 0 Å². The number of rotatable bonds is 25. The molecule has 0 unspecified atom stereocenters. The van der Waals surface area contributed by atoms with Crippen LogP contribution in [0, 0.1) is 0 Å². The lowest BCUT2D eigenvalue weighted by molar-refractivity contribution is -0.122. The molecule has 0 atom stereocenters. The topological polar surface area (TPSA) is 58.2 Å². The predicted molar refractivity (Wildman–Crippen MR) is 139 cm³/mol. The predicted octanol–water partition coefficient (Wildman–Crippen LogP) is 7.84. The highest BCUT2D eigenvalue weighted by atomic mass is 16.2. The number of unbranched alkanes of at least 4 members (excludes halogenated alkanes) is 17. The Hall–Kier alpha value is -1.06. The molecule has 0 aromatic carbocycles. The molecule has 2 N–H and O–H groups in total. The molecule has 0 saturated heterocycles. The zero-order chi connectivity index (χ0) is 23.5. The lowest BCUT2D eigenvalue weighted by atomic mass is 10.1. The second kappa shape index (κ2) is 26.2. The van der Waals surface area contributed by atoms with Crippen molar-refractivity contribution in [1.29, 1.82) is 0 Å². The molecule has 0 aliphatic carbocycles. The molecule has 0 heterocycles. The van der Waals surface area contributed by atoms with E-state index in [1.54, 1.807) is 0 Å². The van der Waals surface area contributed by atoms with Gasteiger partial charge in [-0.2, -0.15) is 0 Å². The first-order valence-electron chi connectivity index (χ1n) is 14.2. The maximum Gasteiger partial charge on any atom is 0.219 e. The molecule has 0 aliphatic rings. The van der Waals surface area contributed by atoms with Crippen molar-refractivity contribution < 1.29 is 9.59 Å². The molecule has 0 aromatic rings. The summed E-state index contributed by atoms with van der Waals surface area (Å²) in [5.41, 5.74) is 0. The lowest BCUT2D eigenvalue weighted by Gasteiger charge is -2.06. The summed E-state index contributed by atoms with van der Waals surface area (Å²) < 4.78 is 0. The minimum Gasteiger partial charge on any atom is -0.356 e. The number of hydrogen-bond donors (Lipinski definition) is 2. The minimum atomic E-state index is 0.239. The van der Waals surface area contributed by atoms with E-state index in [4.69, 9.17) is 0 Å². The molecular formula is C28H56N2O2. The van der Waals surface area contributed by atoms with E-state index in [0.717, 1.165) is 38.8 Å². The molecule has 0 aliphatic heterocycles. The Morgan fingerprint density at radius 1 is 0.406 bits per heavy atom. The number of carbonyl (C=O) groups excluding carboxylic acids is 2. The summed E-state index contributed by atoms with van der Waals surface area (Å²) in [4.78, 5) is 23.5. The van der Waals surface area contributed by atoms with Gasteiger partial charge in [0.2, 0.25) is 11.8 Å². The van der Waals surface area contributed by atoms with Gasteiger partial charge in [-0.1, -0.05) is 117 Å². The SMILES string of the molecule is CCCCCCCC(=O)NCCCCCCCCCCCCNC(=O)CCCCCCC. The van der Waals surface area contributed by atoms with Crippen LogP contribution in [0.4, 0.5) is 0 Å². The molecule has 0 rings (SSSR count). The third-order valence-corrected chi connectivity index (χ3v) is 6.26. The van der Waals surface area contributed by atoms with Gasteiger partial charge in [0.25, 0.3) is 0 Å². The van der Waals surface area contributed by atoms with E-state index in [1.165, 1.54) is 103 Å². The van der Waals surface area contributed by atoms with Gasteiger partial charge in [0.15, 0.2) is 0 Å². The highest BCUT2D eigenvalue weighted by molar-refractivity contribution is 5.76. The van der Waals surface area contributed by atoms with E-state index in [-0.39, 0.29) is 11.8 Å². The first-order valence-corrected chi connectivity index (χ1v) is 14.2. The van der Waals surface area contributed by atoms with Crippen LogP contribution >= 0.6 is 0 Å². The molecule has 0 bridgehead atoms. The summed E-state index contributed by atoms with van der Waals surface area (Å²) in [5.74, 6) is 0.479. The van der Waals surface area contributed by atoms with Crippen molar-refractivity contribution in [2.45, 2.75) is 155 Å². The van der Waals surface area contributed by atoms with Gasteiger partial charge in [-0.3, -0.25) is 9.59 Å². The molecule has 0 aromatic heterocycles. The van der Waals surface area contributed by atoms with Gasteiger partial charge in [-0.05, 0) is 25.7 Å². The average molecular weight is 453 g/mol. The first kappa shape index (κ1) is 30.9. The molecule has 0 fully saturated rings. The molecule has 4 nitrogen and oxygen atoms in total. The van der Waals surface area contributed by atoms with Crippen LogP contribution in [0.3, 0.4) is 0 Å². The summed E-state index contributed by atoms with van der Waals surface area (Å²) in [7, 11) is 0. The maximum absolute atomic E-state index is 11.8. The monoisotopic (exact) mass is 452 g/mol. The molecular weight excluding hydrogens is 396 g/mol. The van der Waals surface area contributed by atoms with Crippen molar-refractivity contribution in [3.05, 3.63) is 0 Å².